The Labute approximate surface area is 127 Å². The van der Waals surface area contributed by atoms with Crippen LogP contribution in [0.15, 0.2) is 22.7 Å². The molecule has 1 fully saturated rings. The fraction of sp³-hybridized carbons (Fsp3) is 0.500. The lowest BCUT2D eigenvalue weighted by molar-refractivity contribution is 0.0146. The van der Waals surface area contributed by atoms with Gasteiger partial charge in [0.15, 0.2) is 0 Å². The average Bonchev–Trinajstić information content (AvgIpc) is 2.39. The number of amides is 1. The molecule has 1 aromatic rings. The predicted octanol–water partition coefficient (Wildman–Crippen LogP) is 3.74. The lowest BCUT2D eigenvalue weighted by Gasteiger charge is -2.32. The van der Waals surface area contributed by atoms with Gasteiger partial charge in [0, 0.05) is 29.2 Å². The second-order valence-electron chi connectivity index (χ2n) is 4.57. The number of piperidine rings is 1. The molecule has 1 saturated heterocycles. The van der Waals surface area contributed by atoms with E-state index in [1.807, 2.05) is 11.8 Å². The van der Waals surface area contributed by atoms with E-state index < -0.39 is 0 Å². The Balaban J connectivity index is 2.01. The molecule has 0 unspecified atom stereocenters. The van der Waals surface area contributed by atoms with Gasteiger partial charge in [0.1, 0.15) is 0 Å². The maximum absolute atomic E-state index is 12.4. The van der Waals surface area contributed by atoms with E-state index in [9.17, 15) is 4.79 Å². The topological polar surface area (TPSA) is 29.5 Å². The highest BCUT2D eigenvalue weighted by Crippen LogP contribution is 2.24. The van der Waals surface area contributed by atoms with Crippen LogP contribution in [0.1, 0.15) is 30.1 Å². The van der Waals surface area contributed by atoms with Gasteiger partial charge in [-0.1, -0.05) is 11.6 Å². The number of hydrogen-bond acceptors (Lipinski definition) is 2. The summed E-state index contributed by atoms with van der Waals surface area (Å²) in [6, 6.07) is 5.26. The molecule has 2 rings (SSSR count). The highest BCUT2D eigenvalue weighted by molar-refractivity contribution is 9.10. The third kappa shape index (κ3) is 3.71. The number of halogens is 2. The number of likely N-dealkylation sites (tertiary alicyclic amines) is 1. The number of benzene rings is 1. The van der Waals surface area contributed by atoms with Crippen molar-refractivity contribution in [1.29, 1.82) is 0 Å². The first-order chi connectivity index (χ1) is 9.11. The summed E-state index contributed by atoms with van der Waals surface area (Å²) in [4.78, 5) is 14.3. The summed E-state index contributed by atoms with van der Waals surface area (Å²) in [7, 11) is 0. The van der Waals surface area contributed by atoms with Crippen LogP contribution in [0.3, 0.4) is 0 Å². The molecular weight excluding hydrogens is 330 g/mol. The molecule has 1 aliphatic heterocycles. The molecule has 1 amide bonds. The first kappa shape index (κ1) is 14.8. The molecule has 5 heteroatoms. The maximum atomic E-state index is 12.4. The summed E-state index contributed by atoms with van der Waals surface area (Å²) in [5, 5.41) is 0.624. The molecule has 0 radical (unpaired) electrons. The van der Waals surface area contributed by atoms with Gasteiger partial charge in [0.05, 0.1) is 11.7 Å². The summed E-state index contributed by atoms with van der Waals surface area (Å²) in [5.41, 5.74) is 0.666. The molecule has 3 nitrogen and oxygen atoms in total. The monoisotopic (exact) mass is 345 g/mol. The van der Waals surface area contributed by atoms with Gasteiger partial charge >= 0.3 is 0 Å². The van der Waals surface area contributed by atoms with Crippen molar-refractivity contribution in [3.05, 3.63) is 33.3 Å². The van der Waals surface area contributed by atoms with E-state index in [0.717, 1.165) is 37.0 Å². The van der Waals surface area contributed by atoms with Crippen molar-refractivity contribution < 1.29 is 9.53 Å². The molecule has 0 N–H and O–H groups in total. The van der Waals surface area contributed by atoms with Gasteiger partial charge in [-0.2, -0.15) is 0 Å². The van der Waals surface area contributed by atoms with E-state index in [2.05, 4.69) is 15.9 Å². The molecule has 0 bridgehead atoms. The van der Waals surface area contributed by atoms with Crippen molar-refractivity contribution in [3.8, 4) is 0 Å². The first-order valence-electron chi connectivity index (χ1n) is 6.47. The second kappa shape index (κ2) is 6.73. The number of nitrogens with zero attached hydrogens (tertiary/aromatic N) is 1. The molecule has 104 valence electrons. The number of hydrogen-bond donors (Lipinski definition) is 0. The smallest absolute Gasteiger partial charge is 0.255 e. The van der Waals surface area contributed by atoms with Crippen LogP contribution in [0.5, 0.6) is 0 Å². The van der Waals surface area contributed by atoms with E-state index in [4.69, 9.17) is 16.3 Å². The average molecular weight is 347 g/mol. The zero-order valence-corrected chi connectivity index (χ0v) is 13.2. The van der Waals surface area contributed by atoms with Crippen molar-refractivity contribution in [1.82, 2.24) is 4.90 Å². The first-order valence-corrected chi connectivity index (χ1v) is 7.65. The van der Waals surface area contributed by atoms with Crippen molar-refractivity contribution in [2.75, 3.05) is 19.7 Å². The minimum Gasteiger partial charge on any atom is -0.378 e. The molecule has 0 aromatic heterocycles. The number of rotatable bonds is 3. The van der Waals surface area contributed by atoms with E-state index in [0.29, 0.717) is 16.7 Å². The van der Waals surface area contributed by atoms with E-state index >= 15 is 0 Å². The standard InChI is InChI=1S/C14H17BrClNO2/c1-2-19-11-5-7-17(8-6-11)14(18)12-4-3-10(16)9-13(12)15/h3-4,9,11H,2,5-8H2,1H3. The highest BCUT2D eigenvalue weighted by Gasteiger charge is 2.24. The van der Waals surface area contributed by atoms with Crippen molar-refractivity contribution in [2.45, 2.75) is 25.9 Å². The SMILES string of the molecule is CCOC1CCN(C(=O)c2ccc(Cl)cc2Br)CC1. The van der Waals surface area contributed by atoms with Crippen LogP contribution in [-0.4, -0.2) is 36.6 Å². The Kier molecular flexibility index (Phi) is 5.25. The van der Waals surface area contributed by atoms with Gasteiger partial charge < -0.3 is 9.64 Å². The Morgan fingerprint density at radius 1 is 1.47 bits per heavy atom. The maximum Gasteiger partial charge on any atom is 0.255 e. The number of ether oxygens (including phenoxy) is 1. The molecule has 1 heterocycles. The van der Waals surface area contributed by atoms with Crippen LogP contribution >= 0.6 is 27.5 Å². The van der Waals surface area contributed by atoms with E-state index in [-0.39, 0.29) is 5.91 Å². The third-order valence-electron chi connectivity index (χ3n) is 3.29. The molecule has 0 atom stereocenters. The molecule has 1 aromatic carbocycles. The zero-order chi connectivity index (χ0) is 13.8. The summed E-state index contributed by atoms with van der Waals surface area (Å²) in [6.07, 6.45) is 2.11. The Morgan fingerprint density at radius 3 is 2.74 bits per heavy atom. The summed E-state index contributed by atoms with van der Waals surface area (Å²) in [5.74, 6) is 0.0542. The number of carbonyl (C=O) groups excluding carboxylic acids is 1. The predicted molar refractivity (Wildman–Crippen MR) is 79.7 cm³/mol. The van der Waals surface area contributed by atoms with Crippen molar-refractivity contribution in [2.24, 2.45) is 0 Å². The molecular formula is C14H17BrClNO2. The minimum absolute atomic E-state index is 0.0542. The Morgan fingerprint density at radius 2 is 2.16 bits per heavy atom. The fourth-order valence-electron chi connectivity index (χ4n) is 2.29. The Hall–Kier alpha value is -0.580. The lowest BCUT2D eigenvalue weighted by atomic mass is 10.1. The van der Waals surface area contributed by atoms with Crippen molar-refractivity contribution >= 4 is 33.4 Å². The minimum atomic E-state index is 0.0542. The fourth-order valence-corrected chi connectivity index (χ4v) is 3.15. The molecule has 0 spiro atoms. The van der Waals surface area contributed by atoms with Crippen LogP contribution in [0.2, 0.25) is 5.02 Å². The molecule has 1 aliphatic rings. The summed E-state index contributed by atoms with van der Waals surface area (Å²) in [6.45, 7) is 4.24. The van der Waals surface area contributed by atoms with Gasteiger partial charge in [-0.15, -0.1) is 0 Å². The zero-order valence-electron chi connectivity index (χ0n) is 10.9. The van der Waals surface area contributed by atoms with Crippen LogP contribution in [-0.2, 0) is 4.74 Å². The second-order valence-corrected chi connectivity index (χ2v) is 5.86. The normalized spacial score (nSPS) is 16.7. The summed E-state index contributed by atoms with van der Waals surface area (Å²) < 4.78 is 6.34. The van der Waals surface area contributed by atoms with Gasteiger partial charge in [-0.25, -0.2) is 0 Å². The number of carbonyl (C=O) groups is 1. The quantitative estimate of drug-likeness (QED) is 0.834. The molecule has 0 aliphatic carbocycles. The van der Waals surface area contributed by atoms with Gasteiger partial charge in [-0.05, 0) is 53.9 Å². The van der Waals surface area contributed by atoms with E-state index in [1.54, 1.807) is 18.2 Å². The summed E-state index contributed by atoms with van der Waals surface area (Å²) >= 11 is 9.28. The Bertz CT molecular complexity index is 459. The highest BCUT2D eigenvalue weighted by atomic mass is 79.9. The van der Waals surface area contributed by atoms with E-state index in [1.165, 1.54) is 0 Å². The van der Waals surface area contributed by atoms with Gasteiger partial charge in [-0.3, -0.25) is 4.79 Å². The van der Waals surface area contributed by atoms with Gasteiger partial charge in [0.25, 0.3) is 5.91 Å². The van der Waals surface area contributed by atoms with Crippen LogP contribution in [0.25, 0.3) is 0 Å². The lowest BCUT2D eigenvalue weighted by Crippen LogP contribution is -2.41. The third-order valence-corrected chi connectivity index (χ3v) is 4.18. The van der Waals surface area contributed by atoms with Crippen molar-refractivity contribution in [3.63, 3.8) is 0 Å². The largest absolute Gasteiger partial charge is 0.378 e. The molecule has 0 saturated carbocycles. The molecule has 19 heavy (non-hydrogen) atoms. The van der Waals surface area contributed by atoms with Crippen LogP contribution < -0.4 is 0 Å². The van der Waals surface area contributed by atoms with Crippen LogP contribution in [0, 0.1) is 0 Å². The van der Waals surface area contributed by atoms with Crippen LogP contribution in [0.4, 0.5) is 0 Å². The van der Waals surface area contributed by atoms with Gasteiger partial charge in [0.2, 0.25) is 0 Å².